The molecule has 5 heteroatoms. The van der Waals surface area contributed by atoms with Gasteiger partial charge in [0, 0.05) is 10.6 Å². The summed E-state index contributed by atoms with van der Waals surface area (Å²) >= 11 is 1.28. The average molecular weight is 298 g/mol. The summed E-state index contributed by atoms with van der Waals surface area (Å²) in [7, 11) is 0. The molecule has 2 rings (SSSR count). The molecule has 1 N–H and O–H groups in total. The van der Waals surface area contributed by atoms with Crippen molar-refractivity contribution in [2.45, 2.75) is 13.8 Å². The quantitative estimate of drug-likeness (QED) is 0.695. The van der Waals surface area contributed by atoms with Crippen LogP contribution >= 0.6 is 11.3 Å². The van der Waals surface area contributed by atoms with Gasteiger partial charge in [-0.2, -0.15) is 5.26 Å². The number of nitriles is 1. The van der Waals surface area contributed by atoms with Crippen LogP contribution in [-0.4, -0.2) is 11.7 Å². The second kappa shape index (κ2) is 6.33. The van der Waals surface area contributed by atoms with Gasteiger partial charge in [-0.05, 0) is 38.1 Å². The minimum Gasteiger partial charge on any atom is -0.325 e. The van der Waals surface area contributed by atoms with E-state index in [1.807, 2.05) is 26.0 Å². The van der Waals surface area contributed by atoms with Crippen molar-refractivity contribution in [3.8, 4) is 6.07 Å². The Balaban J connectivity index is 2.14. The van der Waals surface area contributed by atoms with Gasteiger partial charge in [0.2, 0.25) is 5.91 Å². The van der Waals surface area contributed by atoms with Crippen LogP contribution < -0.4 is 5.32 Å². The molecule has 0 bridgehead atoms. The van der Waals surface area contributed by atoms with Gasteiger partial charge in [-0.3, -0.25) is 9.59 Å². The molecule has 1 amide bonds. The highest BCUT2D eigenvalue weighted by Gasteiger charge is 2.28. The number of hydrogen-bond donors (Lipinski definition) is 1. The fourth-order valence-electron chi connectivity index (χ4n) is 1.80. The lowest BCUT2D eigenvalue weighted by Crippen LogP contribution is -2.28. The number of ketones is 1. The van der Waals surface area contributed by atoms with E-state index in [1.54, 1.807) is 30.3 Å². The predicted molar refractivity (Wildman–Crippen MR) is 82.3 cm³/mol. The zero-order chi connectivity index (χ0) is 15.4. The SMILES string of the molecule is Cc1ccc(NC(=O)[C@@H](C#N)C(=O)c2ccc(C)s2)cc1. The maximum absolute atomic E-state index is 12.2. The molecule has 2 aromatic rings. The third-order valence-corrected chi connectivity index (χ3v) is 3.97. The summed E-state index contributed by atoms with van der Waals surface area (Å²) in [5, 5.41) is 11.7. The standard InChI is InChI=1S/C16H14N2O2S/c1-10-3-6-12(7-4-10)18-16(20)13(9-17)15(19)14-8-5-11(2)21-14/h3-8,13H,1-2H3,(H,18,20)/t13-/m0/s1. The summed E-state index contributed by atoms with van der Waals surface area (Å²) < 4.78 is 0. The second-order valence-corrected chi connectivity index (χ2v) is 5.98. The van der Waals surface area contributed by atoms with Crippen LogP contribution in [0, 0.1) is 31.1 Å². The molecule has 1 heterocycles. The monoisotopic (exact) mass is 298 g/mol. The van der Waals surface area contributed by atoms with Gasteiger partial charge in [-0.25, -0.2) is 0 Å². The molecule has 1 atom stereocenters. The van der Waals surface area contributed by atoms with E-state index in [1.165, 1.54) is 11.3 Å². The first-order chi connectivity index (χ1) is 10.0. The number of thiophene rings is 1. The molecule has 0 aliphatic heterocycles. The number of anilines is 1. The molecule has 106 valence electrons. The topological polar surface area (TPSA) is 70.0 Å². The lowest BCUT2D eigenvalue weighted by molar-refractivity contribution is -0.117. The average Bonchev–Trinajstić information content (AvgIpc) is 2.89. The summed E-state index contributed by atoms with van der Waals surface area (Å²) in [6.45, 7) is 3.81. The lowest BCUT2D eigenvalue weighted by Gasteiger charge is -2.09. The fraction of sp³-hybridized carbons (Fsp3) is 0.188. The van der Waals surface area contributed by atoms with E-state index in [-0.39, 0.29) is 0 Å². The molecule has 0 saturated carbocycles. The number of nitrogens with one attached hydrogen (secondary N) is 1. The van der Waals surface area contributed by atoms with Gasteiger partial charge in [0.25, 0.3) is 0 Å². The number of amides is 1. The first-order valence-corrected chi connectivity index (χ1v) is 7.20. The van der Waals surface area contributed by atoms with Crippen molar-refractivity contribution >= 4 is 28.7 Å². The van der Waals surface area contributed by atoms with Crippen molar-refractivity contribution in [2.75, 3.05) is 5.32 Å². The van der Waals surface area contributed by atoms with Crippen molar-refractivity contribution in [1.82, 2.24) is 0 Å². The van der Waals surface area contributed by atoms with Crippen LogP contribution in [0.4, 0.5) is 5.69 Å². The normalized spacial score (nSPS) is 11.5. The van der Waals surface area contributed by atoms with Crippen LogP contribution in [0.25, 0.3) is 0 Å². The van der Waals surface area contributed by atoms with Crippen LogP contribution in [0.1, 0.15) is 20.1 Å². The van der Waals surface area contributed by atoms with Gasteiger partial charge >= 0.3 is 0 Å². The first-order valence-electron chi connectivity index (χ1n) is 6.39. The highest BCUT2D eigenvalue weighted by atomic mass is 32.1. The van der Waals surface area contributed by atoms with E-state index in [4.69, 9.17) is 5.26 Å². The molecule has 21 heavy (non-hydrogen) atoms. The molecule has 0 radical (unpaired) electrons. The Morgan fingerprint density at radius 3 is 2.33 bits per heavy atom. The Morgan fingerprint density at radius 2 is 1.81 bits per heavy atom. The molecular weight excluding hydrogens is 284 g/mol. The number of rotatable bonds is 4. The smallest absolute Gasteiger partial charge is 0.249 e. The molecular formula is C16H14N2O2S. The Bertz CT molecular complexity index is 711. The zero-order valence-electron chi connectivity index (χ0n) is 11.7. The second-order valence-electron chi connectivity index (χ2n) is 4.69. The zero-order valence-corrected chi connectivity index (χ0v) is 12.5. The van der Waals surface area contributed by atoms with Crippen molar-refractivity contribution < 1.29 is 9.59 Å². The molecule has 0 aliphatic rings. The number of benzene rings is 1. The Kier molecular flexibility index (Phi) is 4.51. The highest BCUT2D eigenvalue weighted by Crippen LogP contribution is 2.20. The predicted octanol–water partition coefficient (Wildman–Crippen LogP) is 3.33. The van der Waals surface area contributed by atoms with Crippen LogP contribution in [0.2, 0.25) is 0 Å². The van der Waals surface area contributed by atoms with E-state index in [0.29, 0.717) is 10.6 Å². The van der Waals surface area contributed by atoms with Crippen LogP contribution in [0.5, 0.6) is 0 Å². The number of nitrogens with zero attached hydrogens (tertiary/aromatic N) is 1. The molecule has 0 aliphatic carbocycles. The number of aryl methyl sites for hydroxylation is 2. The molecule has 1 aromatic heterocycles. The maximum Gasteiger partial charge on any atom is 0.249 e. The van der Waals surface area contributed by atoms with E-state index < -0.39 is 17.6 Å². The maximum atomic E-state index is 12.2. The van der Waals surface area contributed by atoms with Crippen molar-refractivity contribution in [3.63, 3.8) is 0 Å². The molecule has 0 saturated heterocycles. The third-order valence-electron chi connectivity index (χ3n) is 2.96. The summed E-state index contributed by atoms with van der Waals surface area (Å²) in [6.07, 6.45) is 0. The van der Waals surface area contributed by atoms with Gasteiger partial charge in [0.1, 0.15) is 0 Å². The fourth-order valence-corrected chi connectivity index (χ4v) is 2.63. The minimum atomic E-state index is -1.33. The highest BCUT2D eigenvalue weighted by molar-refractivity contribution is 7.14. The van der Waals surface area contributed by atoms with Crippen molar-refractivity contribution in [1.29, 1.82) is 5.26 Å². The Hall–Kier alpha value is -2.45. The van der Waals surface area contributed by atoms with E-state index in [2.05, 4.69) is 5.32 Å². The van der Waals surface area contributed by atoms with Crippen molar-refractivity contribution in [3.05, 3.63) is 51.7 Å². The largest absolute Gasteiger partial charge is 0.325 e. The van der Waals surface area contributed by atoms with E-state index >= 15 is 0 Å². The molecule has 4 nitrogen and oxygen atoms in total. The van der Waals surface area contributed by atoms with Crippen LogP contribution in [0.3, 0.4) is 0 Å². The summed E-state index contributed by atoms with van der Waals surface area (Å²) in [4.78, 5) is 25.7. The van der Waals surface area contributed by atoms with Gasteiger partial charge in [0.15, 0.2) is 11.7 Å². The minimum absolute atomic E-state index is 0.429. The van der Waals surface area contributed by atoms with E-state index in [9.17, 15) is 9.59 Å². The molecule has 0 spiro atoms. The molecule has 0 fully saturated rings. The number of carbonyl (C=O) groups is 2. The third kappa shape index (κ3) is 3.56. The Labute approximate surface area is 127 Å². The summed E-state index contributed by atoms with van der Waals surface area (Å²) in [5.74, 6) is -2.39. The van der Waals surface area contributed by atoms with Crippen LogP contribution in [0.15, 0.2) is 36.4 Å². The number of hydrogen-bond acceptors (Lipinski definition) is 4. The van der Waals surface area contributed by atoms with Crippen LogP contribution in [-0.2, 0) is 4.79 Å². The van der Waals surface area contributed by atoms with E-state index in [0.717, 1.165) is 10.4 Å². The summed E-state index contributed by atoms with van der Waals surface area (Å²) in [5.41, 5.74) is 1.64. The van der Waals surface area contributed by atoms with Crippen molar-refractivity contribution in [2.24, 2.45) is 5.92 Å². The molecule has 1 aromatic carbocycles. The first kappa shape index (κ1) is 14.9. The Morgan fingerprint density at radius 1 is 1.14 bits per heavy atom. The lowest BCUT2D eigenvalue weighted by atomic mass is 10.0. The van der Waals surface area contributed by atoms with Gasteiger partial charge < -0.3 is 5.32 Å². The number of Topliss-reactive ketones (excluding diaryl/α,β-unsaturated/α-hetero) is 1. The number of carbonyl (C=O) groups excluding carboxylic acids is 2. The molecule has 0 unspecified atom stereocenters. The van der Waals surface area contributed by atoms with Gasteiger partial charge in [-0.1, -0.05) is 17.7 Å². The summed E-state index contributed by atoms with van der Waals surface area (Å²) in [6, 6.07) is 12.4. The van der Waals surface area contributed by atoms with Gasteiger partial charge in [-0.15, -0.1) is 11.3 Å². The van der Waals surface area contributed by atoms with Gasteiger partial charge in [0.05, 0.1) is 10.9 Å².